The van der Waals surface area contributed by atoms with Gasteiger partial charge in [-0.15, -0.1) is 22.7 Å². The highest BCUT2D eigenvalue weighted by Gasteiger charge is 2.17. The van der Waals surface area contributed by atoms with Crippen molar-refractivity contribution >= 4 is 28.6 Å². The maximum absolute atomic E-state index is 12.2. The Hall–Kier alpha value is -1.96. The predicted octanol–water partition coefficient (Wildman–Crippen LogP) is 3.43. The lowest BCUT2D eigenvalue weighted by atomic mass is 10.2. The number of aromatic nitrogens is 1. The van der Waals surface area contributed by atoms with Crippen LogP contribution in [0.1, 0.15) is 16.6 Å². The maximum Gasteiger partial charge on any atom is 0.226 e. The summed E-state index contributed by atoms with van der Waals surface area (Å²) >= 11 is 3.19. The van der Waals surface area contributed by atoms with Gasteiger partial charge in [-0.2, -0.15) is 0 Å². The fourth-order valence-electron chi connectivity index (χ4n) is 2.36. The molecule has 0 radical (unpaired) electrons. The normalized spacial score (nSPS) is 12.5. The van der Waals surface area contributed by atoms with Gasteiger partial charge in [-0.3, -0.25) is 4.79 Å². The topological polar surface area (TPSA) is 58.4 Å². The first-order valence-corrected chi connectivity index (χ1v) is 9.34. The van der Waals surface area contributed by atoms with Crippen molar-refractivity contribution in [2.75, 3.05) is 20.6 Å². The second-order valence-electron chi connectivity index (χ2n) is 5.60. The van der Waals surface area contributed by atoms with Gasteiger partial charge in [-0.1, -0.05) is 6.07 Å². The molecule has 0 aliphatic rings. The molecule has 1 N–H and O–H groups in total. The molecule has 24 heavy (non-hydrogen) atoms. The Morgan fingerprint density at radius 3 is 2.88 bits per heavy atom. The molecule has 0 fully saturated rings. The number of rotatable bonds is 7. The summed E-state index contributed by atoms with van der Waals surface area (Å²) in [6.45, 7) is 0.585. The molecule has 3 rings (SSSR count). The SMILES string of the molecule is CN(C)[C@@H](CNC(=O)Cc1csc(-c2ccco2)n1)c1cccs1. The molecular formula is C17H19N3O2S2. The number of furan rings is 1. The van der Waals surface area contributed by atoms with E-state index in [9.17, 15) is 4.79 Å². The monoisotopic (exact) mass is 361 g/mol. The number of nitrogens with one attached hydrogen (secondary N) is 1. The standard InChI is InChI=1S/C17H19N3O2S2/c1-20(2)13(15-6-4-8-23-15)10-18-16(21)9-12-11-24-17(19-12)14-5-3-7-22-14/h3-8,11,13H,9-10H2,1-2H3,(H,18,21)/t13-/m0/s1. The summed E-state index contributed by atoms with van der Waals surface area (Å²) in [5.74, 6) is 0.715. The minimum atomic E-state index is -0.0188. The molecule has 3 aromatic heterocycles. The number of hydrogen-bond acceptors (Lipinski definition) is 6. The van der Waals surface area contributed by atoms with E-state index in [1.807, 2.05) is 37.7 Å². The highest BCUT2D eigenvalue weighted by atomic mass is 32.1. The molecule has 0 spiro atoms. The number of carbonyl (C=O) groups excluding carboxylic acids is 1. The Balaban J connectivity index is 1.56. The highest BCUT2D eigenvalue weighted by Crippen LogP contribution is 2.24. The van der Waals surface area contributed by atoms with Crippen LogP contribution in [0.5, 0.6) is 0 Å². The second kappa shape index (κ2) is 7.74. The van der Waals surface area contributed by atoms with E-state index in [1.165, 1.54) is 16.2 Å². The van der Waals surface area contributed by atoms with E-state index in [0.717, 1.165) is 16.5 Å². The summed E-state index contributed by atoms with van der Waals surface area (Å²) in [5.41, 5.74) is 0.765. The van der Waals surface area contributed by atoms with Crippen LogP contribution >= 0.6 is 22.7 Å². The molecule has 1 atom stereocenters. The van der Waals surface area contributed by atoms with Crippen LogP contribution in [0.2, 0.25) is 0 Å². The molecule has 5 nitrogen and oxygen atoms in total. The van der Waals surface area contributed by atoms with Gasteiger partial charge < -0.3 is 14.6 Å². The molecule has 0 saturated carbocycles. The minimum Gasteiger partial charge on any atom is -0.462 e. The quantitative estimate of drug-likeness (QED) is 0.700. The van der Waals surface area contributed by atoms with Crippen molar-refractivity contribution in [3.63, 3.8) is 0 Å². The van der Waals surface area contributed by atoms with E-state index < -0.39 is 0 Å². The molecular weight excluding hydrogens is 342 g/mol. The number of thiazole rings is 1. The van der Waals surface area contributed by atoms with Crippen LogP contribution in [0.3, 0.4) is 0 Å². The van der Waals surface area contributed by atoms with Crippen LogP contribution < -0.4 is 5.32 Å². The Kier molecular flexibility index (Phi) is 5.44. The van der Waals surface area contributed by atoms with Gasteiger partial charge in [0.25, 0.3) is 0 Å². The minimum absolute atomic E-state index is 0.0188. The van der Waals surface area contributed by atoms with Gasteiger partial charge in [0.05, 0.1) is 24.4 Å². The summed E-state index contributed by atoms with van der Waals surface area (Å²) in [5, 5.41) is 7.77. The predicted molar refractivity (Wildman–Crippen MR) is 97.3 cm³/mol. The largest absolute Gasteiger partial charge is 0.462 e. The third-order valence-electron chi connectivity index (χ3n) is 3.61. The van der Waals surface area contributed by atoms with Crippen LogP contribution in [0.15, 0.2) is 45.7 Å². The first-order chi connectivity index (χ1) is 11.6. The van der Waals surface area contributed by atoms with Crippen molar-refractivity contribution in [3.8, 4) is 10.8 Å². The van der Waals surface area contributed by atoms with Crippen molar-refractivity contribution in [1.82, 2.24) is 15.2 Å². The number of likely N-dealkylation sites (N-methyl/N-ethyl adjacent to an activating group) is 1. The average molecular weight is 361 g/mol. The summed E-state index contributed by atoms with van der Waals surface area (Å²) in [4.78, 5) is 20.0. The van der Waals surface area contributed by atoms with Gasteiger partial charge >= 0.3 is 0 Å². The molecule has 0 aliphatic heterocycles. The smallest absolute Gasteiger partial charge is 0.226 e. The van der Waals surface area contributed by atoms with Crippen LogP contribution in [-0.2, 0) is 11.2 Å². The number of nitrogens with zero attached hydrogens (tertiary/aromatic N) is 2. The zero-order valence-corrected chi connectivity index (χ0v) is 15.2. The second-order valence-corrected chi connectivity index (χ2v) is 7.43. The molecule has 3 heterocycles. The zero-order chi connectivity index (χ0) is 16.9. The van der Waals surface area contributed by atoms with Crippen molar-refractivity contribution < 1.29 is 9.21 Å². The maximum atomic E-state index is 12.2. The molecule has 7 heteroatoms. The molecule has 3 aromatic rings. The third kappa shape index (κ3) is 4.11. The first-order valence-electron chi connectivity index (χ1n) is 7.58. The summed E-state index contributed by atoms with van der Waals surface area (Å²) in [7, 11) is 4.04. The Morgan fingerprint density at radius 1 is 1.33 bits per heavy atom. The molecule has 0 saturated heterocycles. The lowest BCUT2D eigenvalue weighted by Crippen LogP contribution is -2.34. The van der Waals surface area contributed by atoms with Crippen molar-refractivity contribution in [1.29, 1.82) is 0 Å². The average Bonchev–Trinajstić information content (AvgIpc) is 3.29. The fraction of sp³-hybridized carbons (Fsp3) is 0.294. The van der Waals surface area contributed by atoms with E-state index in [1.54, 1.807) is 17.6 Å². The van der Waals surface area contributed by atoms with Gasteiger partial charge in [-0.05, 0) is 37.7 Å². The Morgan fingerprint density at radius 2 is 2.21 bits per heavy atom. The van der Waals surface area contributed by atoms with Crippen LogP contribution in [0.25, 0.3) is 10.8 Å². The van der Waals surface area contributed by atoms with Gasteiger partial charge in [0.1, 0.15) is 0 Å². The van der Waals surface area contributed by atoms with Crippen molar-refractivity contribution in [2.45, 2.75) is 12.5 Å². The molecule has 0 unspecified atom stereocenters. The molecule has 0 aliphatic carbocycles. The summed E-state index contributed by atoms with van der Waals surface area (Å²) in [6.07, 6.45) is 1.90. The van der Waals surface area contributed by atoms with Gasteiger partial charge in [-0.25, -0.2) is 4.98 Å². The van der Waals surface area contributed by atoms with Gasteiger partial charge in [0.15, 0.2) is 10.8 Å². The fourth-order valence-corrected chi connectivity index (χ4v) is 4.07. The summed E-state index contributed by atoms with van der Waals surface area (Å²) in [6, 6.07) is 8.00. The third-order valence-corrected chi connectivity index (χ3v) is 5.49. The van der Waals surface area contributed by atoms with Crippen molar-refractivity contribution in [2.24, 2.45) is 0 Å². The van der Waals surface area contributed by atoms with E-state index >= 15 is 0 Å². The molecule has 0 aromatic carbocycles. The zero-order valence-electron chi connectivity index (χ0n) is 13.6. The number of thiophene rings is 1. The van der Waals surface area contributed by atoms with Gasteiger partial charge in [0.2, 0.25) is 5.91 Å². The molecule has 0 bridgehead atoms. The van der Waals surface area contributed by atoms with Crippen molar-refractivity contribution in [3.05, 3.63) is 51.9 Å². The van der Waals surface area contributed by atoms with E-state index in [0.29, 0.717) is 6.54 Å². The van der Waals surface area contributed by atoms with E-state index in [2.05, 4.69) is 26.6 Å². The van der Waals surface area contributed by atoms with Crippen LogP contribution in [-0.4, -0.2) is 36.4 Å². The Labute approximate surface area is 149 Å². The first kappa shape index (κ1) is 16.9. The highest BCUT2D eigenvalue weighted by molar-refractivity contribution is 7.13. The summed E-state index contributed by atoms with van der Waals surface area (Å²) < 4.78 is 5.33. The van der Waals surface area contributed by atoms with Crippen LogP contribution in [0.4, 0.5) is 0 Å². The van der Waals surface area contributed by atoms with E-state index in [4.69, 9.17) is 4.42 Å². The Bertz CT molecular complexity index is 764. The van der Waals surface area contributed by atoms with Crippen LogP contribution in [0, 0.1) is 0 Å². The lowest BCUT2D eigenvalue weighted by molar-refractivity contribution is -0.120. The molecule has 1 amide bonds. The number of carbonyl (C=O) groups is 1. The lowest BCUT2D eigenvalue weighted by Gasteiger charge is -2.23. The number of hydrogen-bond donors (Lipinski definition) is 1. The van der Waals surface area contributed by atoms with Gasteiger partial charge in [0, 0.05) is 16.8 Å². The van der Waals surface area contributed by atoms with E-state index in [-0.39, 0.29) is 18.4 Å². The number of amides is 1. The molecule has 126 valence electrons.